The van der Waals surface area contributed by atoms with E-state index in [2.05, 4.69) is 64.9 Å². The third-order valence-corrected chi connectivity index (χ3v) is 6.22. The van der Waals surface area contributed by atoms with Crippen molar-refractivity contribution >= 4 is 46.0 Å². The average Bonchev–Trinajstić information content (AvgIpc) is 2.71. The Morgan fingerprint density at radius 3 is 2.74 bits per heavy atom. The van der Waals surface area contributed by atoms with Gasteiger partial charge in [-0.15, -0.1) is 0 Å². The molecule has 0 spiro atoms. The number of hydrazone groups is 1. The molecule has 2 aromatic rings. The summed E-state index contributed by atoms with van der Waals surface area (Å²) in [7, 11) is 1.55. The largest absolute Gasteiger partial charge is 0.496 e. The summed E-state index contributed by atoms with van der Waals surface area (Å²) in [6, 6.07) is 8.48. The van der Waals surface area contributed by atoms with E-state index >= 15 is 0 Å². The van der Waals surface area contributed by atoms with E-state index in [9.17, 15) is 9.18 Å². The quantitative estimate of drug-likeness (QED) is 0.297. The number of rotatable bonds is 6. The van der Waals surface area contributed by atoms with E-state index in [1.165, 1.54) is 6.21 Å². The molecule has 1 N–H and O–H groups in total. The standard InChI is InChI=1S/C24H27FIN3O2/c1-6-9-29-21-12-19(25)17(10-18(21)15(2)13-24(29,3)4)14-27-28-23(30)16-7-8-20(26)22(11-16)31-5/h7-8,10-14H,6,9H2,1-5H3,(H,28,30)/b27-14+. The van der Waals surface area contributed by atoms with Crippen LogP contribution in [0.25, 0.3) is 5.57 Å². The van der Waals surface area contributed by atoms with Gasteiger partial charge in [0.2, 0.25) is 0 Å². The Bertz CT molecular complexity index is 1060. The molecule has 1 aliphatic rings. The van der Waals surface area contributed by atoms with Crippen LogP contribution in [0.2, 0.25) is 0 Å². The third kappa shape index (κ3) is 4.92. The Morgan fingerprint density at radius 2 is 2.06 bits per heavy atom. The van der Waals surface area contributed by atoms with Gasteiger partial charge in [-0.2, -0.15) is 5.10 Å². The first-order valence-corrected chi connectivity index (χ1v) is 11.2. The van der Waals surface area contributed by atoms with Crippen LogP contribution in [0.3, 0.4) is 0 Å². The molecular formula is C24H27FIN3O2. The van der Waals surface area contributed by atoms with Crippen molar-refractivity contribution in [1.82, 2.24) is 5.43 Å². The second kappa shape index (κ2) is 9.38. The van der Waals surface area contributed by atoms with Gasteiger partial charge in [-0.05, 0) is 85.7 Å². The van der Waals surface area contributed by atoms with Gasteiger partial charge in [-0.25, -0.2) is 9.82 Å². The zero-order valence-corrected chi connectivity index (χ0v) is 20.6. The SMILES string of the molecule is CCCN1c2cc(F)c(/C=N/NC(=O)c3ccc(I)c(OC)c3)cc2C(C)=CC1(C)C. The number of hydrogen-bond acceptors (Lipinski definition) is 4. The average molecular weight is 535 g/mol. The van der Waals surface area contributed by atoms with Crippen LogP contribution in [-0.2, 0) is 0 Å². The van der Waals surface area contributed by atoms with Crippen LogP contribution >= 0.6 is 22.6 Å². The molecule has 0 unspecified atom stereocenters. The zero-order chi connectivity index (χ0) is 22.8. The Hall–Kier alpha value is -2.42. The highest BCUT2D eigenvalue weighted by atomic mass is 127. The Labute approximate surface area is 196 Å². The highest BCUT2D eigenvalue weighted by Gasteiger charge is 2.31. The molecule has 1 heterocycles. The lowest BCUT2D eigenvalue weighted by Crippen LogP contribution is -2.45. The summed E-state index contributed by atoms with van der Waals surface area (Å²) in [6.07, 6.45) is 4.51. The summed E-state index contributed by atoms with van der Waals surface area (Å²) in [5.41, 5.74) is 5.97. The lowest BCUT2D eigenvalue weighted by molar-refractivity contribution is 0.0954. The molecule has 5 nitrogen and oxygen atoms in total. The summed E-state index contributed by atoms with van der Waals surface area (Å²) in [6.45, 7) is 9.26. The first-order valence-electron chi connectivity index (χ1n) is 10.2. The number of hydrogen-bond donors (Lipinski definition) is 1. The fraction of sp³-hybridized carbons (Fsp3) is 0.333. The summed E-state index contributed by atoms with van der Waals surface area (Å²) in [4.78, 5) is 14.6. The number of carbonyl (C=O) groups is 1. The van der Waals surface area contributed by atoms with Crippen LogP contribution in [0.4, 0.5) is 10.1 Å². The van der Waals surface area contributed by atoms with Gasteiger partial charge < -0.3 is 9.64 Å². The van der Waals surface area contributed by atoms with Crippen molar-refractivity contribution in [2.45, 2.75) is 39.7 Å². The van der Waals surface area contributed by atoms with Crippen LogP contribution in [0, 0.1) is 9.39 Å². The number of halogens is 2. The fourth-order valence-corrected chi connectivity index (χ4v) is 4.43. The van der Waals surface area contributed by atoms with E-state index in [1.807, 2.05) is 6.92 Å². The topological polar surface area (TPSA) is 53.9 Å². The van der Waals surface area contributed by atoms with Gasteiger partial charge in [0.1, 0.15) is 11.6 Å². The van der Waals surface area contributed by atoms with Crippen molar-refractivity contribution in [3.63, 3.8) is 0 Å². The number of methoxy groups -OCH3 is 1. The van der Waals surface area contributed by atoms with Crippen molar-refractivity contribution in [2.75, 3.05) is 18.6 Å². The van der Waals surface area contributed by atoms with E-state index in [-0.39, 0.29) is 11.4 Å². The van der Waals surface area contributed by atoms with Crippen LogP contribution in [-0.4, -0.2) is 31.3 Å². The van der Waals surface area contributed by atoms with Crippen molar-refractivity contribution in [3.8, 4) is 5.75 Å². The predicted molar refractivity (Wildman–Crippen MR) is 133 cm³/mol. The molecule has 31 heavy (non-hydrogen) atoms. The number of nitrogens with one attached hydrogen (secondary N) is 1. The minimum absolute atomic E-state index is 0.183. The van der Waals surface area contributed by atoms with E-state index in [0.717, 1.165) is 33.4 Å². The number of nitrogens with zero attached hydrogens (tertiary/aromatic N) is 2. The smallest absolute Gasteiger partial charge is 0.271 e. The zero-order valence-electron chi connectivity index (χ0n) is 18.4. The predicted octanol–water partition coefficient (Wildman–Crippen LogP) is 5.61. The number of anilines is 1. The number of amides is 1. The number of carbonyl (C=O) groups excluding carboxylic acids is 1. The normalized spacial score (nSPS) is 14.9. The van der Waals surface area contributed by atoms with E-state index < -0.39 is 5.91 Å². The first-order chi connectivity index (χ1) is 14.7. The molecule has 0 fully saturated rings. The Morgan fingerprint density at radius 1 is 1.32 bits per heavy atom. The van der Waals surface area contributed by atoms with E-state index in [4.69, 9.17) is 4.74 Å². The number of benzene rings is 2. The van der Waals surface area contributed by atoms with Crippen LogP contribution in [0.5, 0.6) is 5.75 Å². The van der Waals surface area contributed by atoms with Gasteiger partial charge in [0, 0.05) is 28.9 Å². The maximum atomic E-state index is 14.9. The van der Waals surface area contributed by atoms with Crippen molar-refractivity contribution in [2.24, 2.45) is 5.10 Å². The van der Waals surface area contributed by atoms with Crippen molar-refractivity contribution in [1.29, 1.82) is 0 Å². The Balaban J connectivity index is 1.84. The maximum Gasteiger partial charge on any atom is 0.271 e. The van der Waals surface area contributed by atoms with Gasteiger partial charge in [0.25, 0.3) is 5.91 Å². The molecule has 0 bridgehead atoms. The fourth-order valence-electron chi connectivity index (χ4n) is 3.87. The third-order valence-electron chi connectivity index (χ3n) is 5.33. The van der Waals surface area contributed by atoms with Gasteiger partial charge in [-0.3, -0.25) is 4.79 Å². The summed E-state index contributed by atoms with van der Waals surface area (Å²) in [5.74, 6) is -0.157. The van der Waals surface area contributed by atoms with Crippen LogP contribution < -0.4 is 15.1 Å². The molecule has 1 amide bonds. The number of ether oxygens (including phenoxy) is 1. The molecule has 0 aromatic heterocycles. The maximum absolute atomic E-state index is 14.9. The van der Waals surface area contributed by atoms with Gasteiger partial charge in [0.15, 0.2) is 0 Å². The molecule has 0 atom stereocenters. The molecule has 3 rings (SSSR count). The van der Waals surface area contributed by atoms with Crippen molar-refractivity contribution in [3.05, 3.63) is 62.5 Å². The number of fused-ring (bicyclic) bond motifs is 1. The summed E-state index contributed by atoms with van der Waals surface area (Å²) in [5, 5.41) is 3.97. The highest BCUT2D eigenvalue weighted by molar-refractivity contribution is 14.1. The lowest BCUT2D eigenvalue weighted by atomic mass is 9.88. The molecule has 1 aliphatic heterocycles. The van der Waals surface area contributed by atoms with E-state index in [0.29, 0.717) is 16.9 Å². The molecule has 0 radical (unpaired) electrons. The van der Waals surface area contributed by atoms with E-state index in [1.54, 1.807) is 37.4 Å². The molecular weight excluding hydrogens is 508 g/mol. The molecule has 164 valence electrons. The lowest BCUT2D eigenvalue weighted by Gasteiger charge is -2.43. The molecule has 7 heteroatoms. The van der Waals surface area contributed by atoms with Crippen molar-refractivity contribution < 1.29 is 13.9 Å². The molecule has 2 aromatic carbocycles. The minimum atomic E-state index is -0.392. The summed E-state index contributed by atoms with van der Waals surface area (Å²) >= 11 is 2.13. The molecule has 0 aliphatic carbocycles. The highest BCUT2D eigenvalue weighted by Crippen LogP contribution is 2.40. The Kier molecular flexibility index (Phi) is 7.03. The van der Waals surface area contributed by atoms with Crippen LogP contribution in [0.15, 0.2) is 41.5 Å². The first kappa shape index (κ1) is 23.2. The van der Waals surface area contributed by atoms with Gasteiger partial charge in [-0.1, -0.05) is 13.0 Å². The minimum Gasteiger partial charge on any atom is -0.496 e. The van der Waals surface area contributed by atoms with Gasteiger partial charge >= 0.3 is 0 Å². The van der Waals surface area contributed by atoms with Gasteiger partial charge in [0.05, 0.1) is 22.4 Å². The van der Waals surface area contributed by atoms with Crippen LogP contribution in [0.1, 0.15) is 55.6 Å². The molecule has 0 saturated carbocycles. The summed E-state index contributed by atoms with van der Waals surface area (Å²) < 4.78 is 21.0. The number of allylic oxidation sites excluding steroid dienone is 1. The molecule has 0 saturated heterocycles. The monoisotopic (exact) mass is 535 g/mol. The second-order valence-electron chi connectivity index (χ2n) is 8.07. The second-order valence-corrected chi connectivity index (χ2v) is 9.23.